The molecule has 0 aliphatic heterocycles. The molecule has 2 aromatic rings. The van der Waals surface area contributed by atoms with Crippen LogP contribution in [0.4, 0.5) is 17.1 Å². The third kappa shape index (κ3) is 3.80. The minimum absolute atomic E-state index is 0.488. The predicted octanol–water partition coefficient (Wildman–Crippen LogP) is 4.33. The first-order valence-corrected chi connectivity index (χ1v) is 7.01. The third-order valence-electron chi connectivity index (χ3n) is 2.85. The number of hydrogen-bond acceptors (Lipinski definition) is 4. The Bertz CT molecular complexity index is 680. The summed E-state index contributed by atoms with van der Waals surface area (Å²) in [6, 6.07) is 12.6. The van der Waals surface area contributed by atoms with Gasteiger partial charge in [0.25, 0.3) is 0 Å². The number of benzene rings is 2. The van der Waals surface area contributed by atoms with Crippen molar-refractivity contribution in [2.75, 3.05) is 17.7 Å². The van der Waals surface area contributed by atoms with Gasteiger partial charge in [0.2, 0.25) is 0 Å². The quantitative estimate of drug-likeness (QED) is 0.806. The first kappa shape index (κ1) is 15.0. The van der Waals surface area contributed by atoms with Gasteiger partial charge in [0.1, 0.15) is 5.75 Å². The summed E-state index contributed by atoms with van der Waals surface area (Å²) in [6.45, 7) is 2.65. The second-order valence-electron chi connectivity index (χ2n) is 4.53. The fourth-order valence-electron chi connectivity index (χ4n) is 1.79. The number of nitriles is 1. The summed E-state index contributed by atoms with van der Waals surface area (Å²) < 4.78 is 5.59. The molecule has 0 fully saturated rings. The summed E-state index contributed by atoms with van der Waals surface area (Å²) in [5, 5.41) is 12.5. The van der Waals surface area contributed by atoms with E-state index < -0.39 is 0 Å². The van der Waals surface area contributed by atoms with Gasteiger partial charge < -0.3 is 15.8 Å². The largest absolute Gasteiger partial charge is 0.491 e. The molecule has 2 rings (SSSR count). The molecule has 4 nitrogen and oxygen atoms in total. The van der Waals surface area contributed by atoms with Crippen molar-refractivity contribution in [2.45, 2.75) is 13.3 Å². The monoisotopic (exact) mass is 301 g/mol. The van der Waals surface area contributed by atoms with Crippen LogP contribution in [0.2, 0.25) is 5.02 Å². The number of hydrogen-bond donors (Lipinski definition) is 2. The minimum Gasteiger partial charge on any atom is -0.491 e. The van der Waals surface area contributed by atoms with Gasteiger partial charge in [-0.3, -0.25) is 0 Å². The van der Waals surface area contributed by atoms with E-state index in [2.05, 4.69) is 5.32 Å². The van der Waals surface area contributed by atoms with E-state index in [1.807, 2.05) is 25.1 Å². The smallest absolute Gasteiger partial charge is 0.144 e. The molecule has 108 valence electrons. The molecule has 0 bridgehead atoms. The number of rotatable bonds is 5. The van der Waals surface area contributed by atoms with Gasteiger partial charge in [0.05, 0.1) is 34.6 Å². The van der Waals surface area contributed by atoms with Gasteiger partial charge in [0, 0.05) is 11.8 Å². The van der Waals surface area contributed by atoms with Crippen molar-refractivity contribution in [1.29, 1.82) is 5.26 Å². The number of anilines is 3. The first-order chi connectivity index (χ1) is 10.1. The van der Waals surface area contributed by atoms with Crippen LogP contribution in [0.15, 0.2) is 36.4 Å². The van der Waals surface area contributed by atoms with E-state index in [1.54, 1.807) is 24.3 Å². The molecule has 0 saturated heterocycles. The van der Waals surface area contributed by atoms with Crippen LogP contribution in [-0.4, -0.2) is 6.61 Å². The molecular weight excluding hydrogens is 286 g/mol. The molecule has 0 radical (unpaired) electrons. The molecule has 0 amide bonds. The molecular formula is C16H16ClN3O. The Kier molecular flexibility index (Phi) is 4.91. The van der Waals surface area contributed by atoms with Crippen molar-refractivity contribution in [3.05, 3.63) is 47.0 Å². The van der Waals surface area contributed by atoms with E-state index in [0.29, 0.717) is 28.6 Å². The number of nitrogens with two attached hydrogens (primary N) is 1. The van der Waals surface area contributed by atoms with E-state index in [-0.39, 0.29) is 0 Å². The van der Waals surface area contributed by atoms with E-state index >= 15 is 0 Å². The fraction of sp³-hybridized carbons (Fsp3) is 0.188. The zero-order chi connectivity index (χ0) is 15.2. The maximum atomic E-state index is 8.83. The molecule has 0 aliphatic rings. The topological polar surface area (TPSA) is 71.1 Å². The lowest BCUT2D eigenvalue weighted by molar-refractivity contribution is 0.319. The lowest BCUT2D eigenvalue weighted by Crippen LogP contribution is -2.00. The van der Waals surface area contributed by atoms with Gasteiger partial charge in [-0.1, -0.05) is 18.5 Å². The molecule has 0 aliphatic carbocycles. The molecule has 0 saturated carbocycles. The Morgan fingerprint density at radius 3 is 2.76 bits per heavy atom. The van der Waals surface area contributed by atoms with E-state index in [4.69, 9.17) is 27.3 Å². The van der Waals surface area contributed by atoms with Crippen LogP contribution < -0.4 is 15.8 Å². The van der Waals surface area contributed by atoms with Gasteiger partial charge in [-0.05, 0) is 36.8 Å². The van der Waals surface area contributed by atoms with Crippen molar-refractivity contribution < 1.29 is 4.74 Å². The Labute approximate surface area is 129 Å². The van der Waals surface area contributed by atoms with Crippen LogP contribution in [0.3, 0.4) is 0 Å². The Morgan fingerprint density at radius 1 is 1.29 bits per heavy atom. The maximum absolute atomic E-state index is 8.83. The van der Waals surface area contributed by atoms with Gasteiger partial charge in [-0.25, -0.2) is 0 Å². The summed E-state index contributed by atoms with van der Waals surface area (Å²) in [5.41, 5.74) is 8.54. The Morgan fingerprint density at radius 2 is 2.10 bits per heavy atom. The molecule has 0 atom stereocenters. The number of nitrogen functional groups attached to an aromatic ring is 1. The average Bonchev–Trinajstić information content (AvgIpc) is 2.49. The summed E-state index contributed by atoms with van der Waals surface area (Å²) in [6.07, 6.45) is 0.915. The van der Waals surface area contributed by atoms with Crippen LogP contribution >= 0.6 is 11.6 Å². The standard InChI is InChI=1S/C16H16ClN3O/c1-2-7-21-16-9-12(4-5-14(16)19)20-15-6-3-11(10-18)8-13(15)17/h3-6,8-9,20H,2,7,19H2,1H3. The lowest BCUT2D eigenvalue weighted by Gasteiger charge is -2.12. The molecule has 0 unspecified atom stereocenters. The van der Waals surface area contributed by atoms with E-state index in [1.165, 1.54) is 0 Å². The average molecular weight is 302 g/mol. The van der Waals surface area contributed by atoms with Crippen molar-refractivity contribution in [2.24, 2.45) is 0 Å². The van der Waals surface area contributed by atoms with Crippen LogP contribution in [0.5, 0.6) is 5.75 Å². The predicted molar refractivity (Wildman–Crippen MR) is 86.1 cm³/mol. The highest BCUT2D eigenvalue weighted by Gasteiger charge is 2.05. The Hall–Kier alpha value is -2.38. The summed E-state index contributed by atoms with van der Waals surface area (Å²) in [7, 11) is 0. The molecule has 0 heterocycles. The normalized spacial score (nSPS) is 9.95. The second-order valence-corrected chi connectivity index (χ2v) is 4.94. The third-order valence-corrected chi connectivity index (χ3v) is 3.17. The molecule has 0 spiro atoms. The van der Waals surface area contributed by atoms with Crippen LogP contribution in [-0.2, 0) is 0 Å². The van der Waals surface area contributed by atoms with Crippen LogP contribution in [0.25, 0.3) is 0 Å². The Balaban J connectivity index is 2.21. The highest BCUT2D eigenvalue weighted by atomic mass is 35.5. The van der Waals surface area contributed by atoms with Crippen molar-refractivity contribution in [1.82, 2.24) is 0 Å². The van der Waals surface area contributed by atoms with Gasteiger partial charge in [-0.15, -0.1) is 0 Å². The second kappa shape index (κ2) is 6.87. The minimum atomic E-state index is 0.488. The van der Waals surface area contributed by atoms with Crippen molar-refractivity contribution >= 4 is 28.7 Å². The van der Waals surface area contributed by atoms with Gasteiger partial charge in [0.15, 0.2) is 0 Å². The summed E-state index contributed by atoms with van der Waals surface area (Å²) in [5.74, 6) is 0.645. The zero-order valence-electron chi connectivity index (χ0n) is 11.7. The fourth-order valence-corrected chi connectivity index (χ4v) is 2.02. The van der Waals surface area contributed by atoms with Crippen LogP contribution in [0.1, 0.15) is 18.9 Å². The SMILES string of the molecule is CCCOc1cc(Nc2ccc(C#N)cc2Cl)ccc1N. The zero-order valence-corrected chi connectivity index (χ0v) is 12.4. The number of ether oxygens (including phenoxy) is 1. The molecule has 5 heteroatoms. The van der Waals surface area contributed by atoms with E-state index in [0.717, 1.165) is 17.8 Å². The van der Waals surface area contributed by atoms with Crippen molar-refractivity contribution in [3.63, 3.8) is 0 Å². The molecule has 3 N–H and O–H groups in total. The highest BCUT2D eigenvalue weighted by molar-refractivity contribution is 6.33. The van der Waals surface area contributed by atoms with Gasteiger partial charge in [-0.2, -0.15) is 5.26 Å². The number of nitrogens with zero attached hydrogens (tertiary/aromatic N) is 1. The molecule has 2 aromatic carbocycles. The molecule has 21 heavy (non-hydrogen) atoms. The number of nitrogens with one attached hydrogen (secondary N) is 1. The molecule has 0 aromatic heterocycles. The summed E-state index contributed by atoms with van der Waals surface area (Å²) in [4.78, 5) is 0. The highest BCUT2D eigenvalue weighted by Crippen LogP contribution is 2.30. The maximum Gasteiger partial charge on any atom is 0.144 e. The van der Waals surface area contributed by atoms with E-state index in [9.17, 15) is 0 Å². The summed E-state index contributed by atoms with van der Waals surface area (Å²) >= 11 is 6.14. The first-order valence-electron chi connectivity index (χ1n) is 6.63. The van der Waals surface area contributed by atoms with Gasteiger partial charge >= 0.3 is 0 Å². The van der Waals surface area contributed by atoms with Crippen LogP contribution in [0, 0.1) is 11.3 Å². The number of halogens is 1. The van der Waals surface area contributed by atoms with Crippen molar-refractivity contribution in [3.8, 4) is 11.8 Å². The lowest BCUT2D eigenvalue weighted by atomic mass is 10.2.